The molecule has 0 aliphatic carbocycles. The van der Waals surface area contributed by atoms with Crippen LogP contribution in [0.1, 0.15) is 22.3 Å². The van der Waals surface area contributed by atoms with E-state index in [2.05, 4.69) is 146 Å². The molecule has 0 saturated carbocycles. The molecule has 8 aromatic carbocycles. The smallest absolute Gasteiger partial charge is 0.361 e. The molecule has 0 radical (unpaired) electrons. The van der Waals surface area contributed by atoms with Gasteiger partial charge in [0.15, 0.2) is 0 Å². The summed E-state index contributed by atoms with van der Waals surface area (Å²) < 4.78 is 32.9. The van der Waals surface area contributed by atoms with Gasteiger partial charge in [-0.2, -0.15) is 0 Å². The first-order valence-electron chi connectivity index (χ1n) is 26.5. The Morgan fingerprint density at radius 3 is 0.627 bits per heavy atom. The summed E-state index contributed by atoms with van der Waals surface area (Å²) in [7, 11) is 0. The van der Waals surface area contributed by atoms with Crippen molar-refractivity contribution < 1.29 is 23.4 Å². The van der Waals surface area contributed by atoms with Gasteiger partial charge in [-0.1, -0.05) is 218 Å². The number of hydrogen-bond donors (Lipinski definition) is 4. The molecule has 0 fully saturated rings. The summed E-state index contributed by atoms with van der Waals surface area (Å²) in [5.41, 5.74) is 37.1. The molecule has 0 heterocycles. The van der Waals surface area contributed by atoms with Crippen molar-refractivity contribution in [1.82, 2.24) is 0 Å². The van der Waals surface area contributed by atoms with Crippen LogP contribution in [0, 0.1) is 0 Å². The number of benzene rings is 8. The molecule has 0 aromatic heterocycles. The van der Waals surface area contributed by atoms with Gasteiger partial charge in [0.2, 0.25) is 0 Å². The lowest BCUT2D eigenvalue weighted by Crippen LogP contribution is -2.46. The minimum atomic E-state index is -0.226. The average Bonchev–Trinajstić information content (AvgIpc) is 3.46. The molecule has 8 rings (SSSR count). The molecule has 8 N–H and O–H groups in total. The van der Waals surface area contributed by atoms with Crippen molar-refractivity contribution in [2.45, 2.75) is 37.9 Å². The highest BCUT2D eigenvalue weighted by Crippen LogP contribution is 2.20. The van der Waals surface area contributed by atoms with Gasteiger partial charge in [0, 0.05) is 52.6 Å². The SMILES string of the molecule is NCCOB(c1ccccc1)c1ccc(CC(Cc2ccc(B(OCCN)c3ccccc3)cc2)OC(Cc2ccc(B(OCCN)c3ccccc3)cc2)Cc2ccc(B(OCCN)c3ccccc3)cc2)cc1. The van der Waals surface area contributed by atoms with Gasteiger partial charge in [-0.25, -0.2) is 0 Å². The normalized spacial score (nSPS) is 11.3. The van der Waals surface area contributed by atoms with E-state index in [-0.39, 0.29) is 39.9 Å². The fourth-order valence-electron chi connectivity index (χ4n) is 9.77. The Hall–Kier alpha value is -6.34. The third-order valence-corrected chi connectivity index (χ3v) is 13.4. The second kappa shape index (κ2) is 29.7. The first-order valence-corrected chi connectivity index (χ1v) is 26.5. The Morgan fingerprint density at radius 1 is 0.253 bits per heavy atom. The van der Waals surface area contributed by atoms with Gasteiger partial charge in [0.1, 0.15) is 0 Å². The molecule has 9 nitrogen and oxygen atoms in total. The standard InChI is InChI=1S/C62H70B4N4O5/c67-37-41-71-63(53-13-5-1-6-14-53)57-29-21-49(22-30-57)45-61(46-50-23-31-58(32-24-50)64(72-42-38-68)54-15-7-2-8-16-54)75-62(47-51-25-33-59(34-26-51)65(73-43-39-69)55-17-9-3-10-18-55)48-52-27-35-60(36-28-52)66(74-44-40-70)56-19-11-4-12-20-56/h1-36,61-62H,37-48,67-70H2. The molecule has 0 atom stereocenters. The first kappa shape index (κ1) is 54.9. The maximum Gasteiger partial charge on any atom is 0.361 e. The molecular weight excluding hydrogens is 924 g/mol. The average molecular weight is 995 g/mol. The van der Waals surface area contributed by atoms with E-state index in [0.717, 1.165) is 43.7 Å². The van der Waals surface area contributed by atoms with Crippen LogP contribution >= 0.6 is 0 Å². The van der Waals surface area contributed by atoms with E-state index in [0.29, 0.717) is 78.3 Å². The van der Waals surface area contributed by atoms with Crippen LogP contribution in [0.15, 0.2) is 218 Å². The lowest BCUT2D eigenvalue weighted by molar-refractivity contribution is -0.0105. The van der Waals surface area contributed by atoms with Gasteiger partial charge in [0.05, 0.1) is 12.2 Å². The number of rotatable bonds is 30. The van der Waals surface area contributed by atoms with Crippen molar-refractivity contribution in [3.8, 4) is 0 Å². The van der Waals surface area contributed by atoms with E-state index in [1.165, 1.54) is 22.3 Å². The van der Waals surface area contributed by atoms with Gasteiger partial charge in [-0.15, -0.1) is 0 Å². The Kier molecular flexibility index (Phi) is 21.7. The zero-order valence-corrected chi connectivity index (χ0v) is 43.1. The fraction of sp³-hybridized carbons (Fsp3) is 0.226. The first-order chi connectivity index (χ1) is 37.0. The number of nitrogens with two attached hydrogens (primary N) is 4. The highest BCUT2D eigenvalue weighted by atomic mass is 16.5. The second-order valence-corrected chi connectivity index (χ2v) is 19.0. The van der Waals surface area contributed by atoms with E-state index < -0.39 is 0 Å². The molecule has 0 saturated heterocycles. The maximum absolute atomic E-state index is 7.51. The minimum absolute atomic E-state index is 0.179. The number of ether oxygens (including phenoxy) is 1. The van der Waals surface area contributed by atoms with E-state index >= 15 is 0 Å². The monoisotopic (exact) mass is 995 g/mol. The highest BCUT2D eigenvalue weighted by Gasteiger charge is 2.27. The number of hydrogen-bond acceptors (Lipinski definition) is 9. The summed E-state index contributed by atoms with van der Waals surface area (Å²) in [5, 5.41) is 0. The second-order valence-electron chi connectivity index (χ2n) is 19.0. The van der Waals surface area contributed by atoms with Crippen molar-refractivity contribution in [2.24, 2.45) is 22.9 Å². The van der Waals surface area contributed by atoms with Gasteiger partial charge < -0.3 is 46.3 Å². The Morgan fingerprint density at radius 2 is 0.440 bits per heavy atom. The topological polar surface area (TPSA) is 150 Å². The van der Waals surface area contributed by atoms with E-state index in [9.17, 15) is 0 Å². The van der Waals surface area contributed by atoms with Gasteiger partial charge in [0.25, 0.3) is 0 Å². The molecule has 13 heteroatoms. The van der Waals surface area contributed by atoms with Crippen LogP contribution in [-0.4, -0.2) is 92.5 Å². The lowest BCUT2D eigenvalue weighted by atomic mass is 9.55. The summed E-state index contributed by atoms with van der Waals surface area (Å²) >= 11 is 0. The van der Waals surface area contributed by atoms with Crippen LogP contribution in [0.25, 0.3) is 0 Å². The van der Waals surface area contributed by atoms with Crippen molar-refractivity contribution in [3.63, 3.8) is 0 Å². The Bertz CT molecular complexity index is 2440. The molecule has 0 spiro atoms. The van der Waals surface area contributed by atoms with E-state index in [1.54, 1.807) is 0 Å². The Labute approximate surface area is 446 Å². The van der Waals surface area contributed by atoms with Crippen molar-refractivity contribution in [3.05, 3.63) is 241 Å². The summed E-state index contributed by atoms with van der Waals surface area (Å²) in [6.07, 6.45) is 2.41. The molecular formula is C62H70B4N4O5. The third kappa shape index (κ3) is 16.3. The van der Waals surface area contributed by atoms with Crippen molar-refractivity contribution in [2.75, 3.05) is 52.6 Å². The third-order valence-electron chi connectivity index (χ3n) is 13.4. The molecule has 0 amide bonds. The molecule has 0 aliphatic rings. The van der Waals surface area contributed by atoms with Gasteiger partial charge in [-0.3, -0.25) is 0 Å². The van der Waals surface area contributed by atoms with Crippen LogP contribution in [0.5, 0.6) is 0 Å². The molecule has 0 unspecified atom stereocenters. The molecule has 0 aliphatic heterocycles. The van der Waals surface area contributed by atoms with Gasteiger partial charge >= 0.3 is 27.7 Å². The van der Waals surface area contributed by atoms with Crippen molar-refractivity contribution in [1.29, 1.82) is 0 Å². The zero-order valence-electron chi connectivity index (χ0n) is 43.1. The predicted octanol–water partition coefficient (Wildman–Crippen LogP) is 3.04. The van der Waals surface area contributed by atoms with Crippen LogP contribution < -0.4 is 66.6 Å². The summed E-state index contributed by atoms with van der Waals surface area (Å²) in [4.78, 5) is 0. The highest BCUT2D eigenvalue weighted by molar-refractivity contribution is 6.81. The Balaban J connectivity index is 1.11. The molecule has 75 heavy (non-hydrogen) atoms. The largest absolute Gasteiger partial charge is 0.426 e. The van der Waals surface area contributed by atoms with Crippen LogP contribution in [0.3, 0.4) is 0 Å². The molecule has 8 aromatic rings. The molecule has 380 valence electrons. The van der Waals surface area contributed by atoms with Gasteiger partial charge in [-0.05, 0) is 91.6 Å². The maximum atomic E-state index is 7.51. The fourth-order valence-corrected chi connectivity index (χ4v) is 9.77. The van der Waals surface area contributed by atoms with E-state index in [1.807, 2.05) is 72.8 Å². The van der Waals surface area contributed by atoms with Crippen LogP contribution in [-0.2, 0) is 49.0 Å². The van der Waals surface area contributed by atoms with Crippen LogP contribution in [0.4, 0.5) is 0 Å². The van der Waals surface area contributed by atoms with Crippen LogP contribution in [0.2, 0.25) is 0 Å². The lowest BCUT2D eigenvalue weighted by Gasteiger charge is -2.27. The summed E-state index contributed by atoms with van der Waals surface area (Å²) in [5.74, 6) is 0. The van der Waals surface area contributed by atoms with Crippen molar-refractivity contribution >= 4 is 71.4 Å². The quantitative estimate of drug-likeness (QED) is 0.0500. The summed E-state index contributed by atoms with van der Waals surface area (Å²) in [6.45, 7) is 2.70. The summed E-state index contributed by atoms with van der Waals surface area (Å²) in [6, 6.07) is 76.5. The zero-order chi connectivity index (χ0) is 51.9. The predicted molar refractivity (Wildman–Crippen MR) is 315 cm³/mol. The van der Waals surface area contributed by atoms with E-state index in [4.69, 9.17) is 46.3 Å². The minimum Gasteiger partial charge on any atom is -0.426 e. The molecule has 0 bridgehead atoms.